The van der Waals surface area contributed by atoms with Crippen molar-refractivity contribution in [1.82, 2.24) is 10.2 Å². The first-order valence-electron chi connectivity index (χ1n) is 5.50. The van der Waals surface area contributed by atoms with Gasteiger partial charge in [-0.3, -0.25) is 4.79 Å². The number of nitrogens with one attached hydrogen (secondary N) is 1. The molecule has 1 heterocycles. The molecule has 17 heavy (non-hydrogen) atoms. The first-order valence-corrected chi connectivity index (χ1v) is 6.26. The van der Waals surface area contributed by atoms with Crippen molar-refractivity contribution in [3.63, 3.8) is 0 Å². The number of halogens is 2. The fourth-order valence-corrected chi connectivity index (χ4v) is 2.48. The minimum atomic E-state index is -0.132. The van der Waals surface area contributed by atoms with Crippen molar-refractivity contribution >= 4 is 29.1 Å². The van der Waals surface area contributed by atoms with Crippen LogP contribution in [0.1, 0.15) is 16.8 Å². The summed E-state index contributed by atoms with van der Waals surface area (Å²) in [6.07, 6.45) is 0.980. The number of amides is 1. The molecule has 0 spiro atoms. The van der Waals surface area contributed by atoms with Crippen molar-refractivity contribution in [1.29, 1.82) is 0 Å². The molecule has 1 aromatic rings. The zero-order valence-corrected chi connectivity index (χ0v) is 11.1. The Kier molecular flexibility index (Phi) is 3.92. The van der Waals surface area contributed by atoms with Gasteiger partial charge in [0.1, 0.15) is 0 Å². The number of hydrogen-bond donors (Lipinski definition) is 1. The van der Waals surface area contributed by atoms with Gasteiger partial charge in [-0.15, -0.1) is 0 Å². The van der Waals surface area contributed by atoms with E-state index in [0.717, 1.165) is 19.5 Å². The monoisotopic (exact) mass is 272 g/mol. The number of carbonyl (C=O) groups is 1. The number of carbonyl (C=O) groups excluding carboxylic acids is 1. The molecule has 1 unspecified atom stereocenters. The molecule has 1 aromatic carbocycles. The zero-order chi connectivity index (χ0) is 12.4. The Balaban J connectivity index is 2.04. The van der Waals surface area contributed by atoms with Crippen LogP contribution < -0.4 is 5.32 Å². The molecule has 1 N–H and O–H groups in total. The Hall–Kier alpha value is -0.770. The maximum atomic E-state index is 12.0. The van der Waals surface area contributed by atoms with E-state index in [1.54, 1.807) is 18.2 Å². The highest BCUT2D eigenvalue weighted by Crippen LogP contribution is 2.21. The van der Waals surface area contributed by atoms with Gasteiger partial charge in [0.2, 0.25) is 0 Å². The van der Waals surface area contributed by atoms with Crippen molar-refractivity contribution < 1.29 is 4.79 Å². The molecule has 0 aliphatic carbocycles. The molecule has 2 rings (SSSR count). The molecule has 0 aromatic heterocycles. The van der Waals surface area contributed by atoms with Gasteiger partial charge in [0.15, 0.2) is 0 Å². The molecule has 1 amide bonds. The second-order valence-corrected chi connectivity index (χ2v) is 5.19. The smallest absolute Gasteiger partial charge is 0.253 e. The Morgan fingerprint density at radius 3 is 2.82 bits per heavy atom. The van der Waals surface area contributed by atoms with E-state index >= 15 is 0 Å². The van der Waals surface area contributed by atoms with Gasteiger partial charge in [0, 0.05) is 17.6 Å². The quantitative estimate of drug-likeness (QED) is 0.897. The van der Waals surface area contributed by atoms with Crippen LogP contribution in [-0.2, 0) is 0 Å². The molecule has 1 atom stereocenters. The lowest BCUT2D eigenvalue weighted by atomic mass is 10.2. The van der Waals surface area contributed by atoms with Crippen LogP contribution in [0.5, 0.6) is 0 Å². The standard InChI is InChI=1S/C12H14Cl2N2O/c1-16-5-4-9(7-16)15-12(17)10-3-2-8(13)6-11(10)14/h2-3,6,9H,4-5,7H2,1H3,(H,15,17). The van der Waals surface area contributed by atoms with Crippen molar-refractivity contribution in [2.24, 2.45) is 0 Å². The lowest BCUT2D eigenvalue weighted by Gasteiger charge is -2.13. The molecular weight excluding hydrogens is 259 g/mol. The van der Waals surface area contributed by atoms with Crippen LogP contribution in [0.25, 0.3) is 0 Å². The second kappa shape index (κ2) is 5.25. The average Bonchev–Trinajstić information content (AvgIpc) is 2.63. The molecule has 92 valence electrons. The summed E-state index contributed by atoms with van der Waals surface area (Å²) in [5.74, 6) is -0.132. The second-order valence-electron chi connectivity index (χ2n) is 4.35. The molecule has 5 heteroatoms. The minimum Gasteiger partial charge on any atom is -0.348 e. The van der Waals surface area contributed by atoms with Crippen LogP contribution in [0.15, 0.2) is 18.2 Å². The number of nitrogens with zero attached hydrogens (tertiary/aromatic N) is 1. The van der Waals surface area contributed by atoms with Crippen molar-refractivity contribution in [3.05, 3.63) is 33.8 Å². The fraction of sp³-hybridized carbons (Fsp3) is 0.417. The molecule has 1 aliphatic rings. The summed E-state index contributed by atoms with van der Waals surface area (Å²) in [5.41, 5.74) is 0.477. The highest BCUT2D eigenvalue weighted by atomic mass is 35.5. The normalized spacial score (nSPS) is 20.5. The summed E-state index contributed by atoms with van der Waals surface area (Å²) in [6, 6.07) is 5.11. The third-order valence-corrected chi connectivity index (χ3v) is 3.45. The van der Waals surface area contributed by atoms with E-state index < -0.39 is 0 Å². The van der Waals surface area contributed by atoms with Gasteiger partial charge in [-0.05, 0) is 38.2 Å². The topological polar surface area (TPSA) is 32.3 Å². The molecule has 0 radical (unpaired) electrons. The predicted octanol–water partition coefficient (Wildman–Crippen LogP) is 2.43. The molecule has 3 nitrogen and oxygen atoms in total. The maximum absolute atomic E-state index is 12.0. The Morgan fingerprint density at radius 2 is 2.24 bits per heavy atom. The summed E-state index contributed by atoms with van der Waals surface area (Å²) in [5, 5.41) is 3.90. The third kappa shape index (κ3) is 3.12. The lowest BCUT2D eigenvalue weighted by Crippen LogP contribution is -2.36. The Labute approximate surface area is 111 Å². The zero-order valence-electron chi connectivity index (χ0n) is 9.54. The maximum Gasteiger partial charge on any atom is 0.253 e. The largest absolute Gasteiger partial charge is 0.348 e. The molecule has 0 saturated carbocycles. The highest BCUT2D eigenvalue weighted by molar-refractivity contribution is 6.36. The molecular formula is C12H14Cl2N2O. The van der Waals surface area contributed by atoms with Crippen LogP contribution in [-0.4, -0.2) is 37.0 Å². The summed E-state index contributed by atoms with van der Waals surface area (Å²) >= 11 is 11.8. The highest BCUT2D eigenvalue weighted by Gasteiger charge is 2.22. The summed E-state index contributed by atoms with van der Waals surface area (Å²) in [4.78, 5) is 14.2. The molecule has 1 saturated heterocycles. The average molecular weight is 273 g/mol. The van der Waals surface area contributed by atoms with Gasteiger partial charge in [0.05, 0.1) is 10.6 Å². The Morgan fingerprint density at radius 1 is 1.47 bits per heavy atom. The van der Waals surface area contributed by atoms with Gasteiger partial charge < -0.3 is 10.2 Å². The lowest BCUT2D eigenvalue weighted by molar-refractivity contribution is 0.0938. The van der Waals surface area contributed by atoms with E-state index in [4.69, 9.17) is 23.2 Å². The first-order chi connectivity index (χ1) is 8.06. The van der Waals surface area contributed by atoms with E-state index in [1.165, 1.54) is 0 Å². The van der Waals surface area contributed by atoms with Gasteiger partial charge in [-0.25, -0.2) is 0 Å². The summed E-state index contributed by atoms with van der Waals surface area (Å²) < 4.78 is 0. The van der Waals surface area contributed by atoms with E-state index in [1.807, 2.05) is 7.05 Å². The van der Waals surface area contributed by atoms with Crippen LogP contribution in [0.4, 0.5) is 0 Å². The Bertz CT molecular complexity index is 437. The van der Waals surface area contributed by atoms with Crippen LogP contribution in [0, 0.1) is 0 Å². The SMILES string of the molecule is CN1CCC(NC(=O)c2ccc(Cl)cc2Cl)C1. The predicted molar refractivity (Wildman–Crippen MR) is 69.8 cm³/mol. The van der Waals surface area contributed by atoms with Crippen molar-refractivity contribution in [3.8, 4) is 0 Å². The van der Waals surface area contributed by atoms with E-state index in [-0.39, 0.29) is 11.9 Å². The van der Waals surface area contributed by atoms with Gasteiger partial charge >= 0.3 is 0 Å². The fourth-order valence-electron chi connectivity index (χ4n) is 1.99. The van der Waals surface area contributed by atoms with E-state index in [2.05, 4.69) is 10.2 Å². The van der Waals surface area contributed by atoms with Crippen LogP contribution >= 0.6 is 23.2 Å². The minimum absolute atomic E-state index is 0.132. The summed E-state index contributed by atoms with van der Waals surface area (Å²) in [7, 11) is 2.04. The number of likely N-dealkylation sites (tertiary alicyclic amines) is 1. The number of likely N-dealkylation sites (N-methyl/N-ethyl adjacent to an activating group) is 1. The number of hydrogen-bond acceptors (Lipinski definition) is 2. The van der Waals surface area contributed by atoms with Crippen molar-refractivity contribution in [2.75, 3.05) is 20.1 Å². The molecule has 0 bridgehead atoms. The van der Waals surface area contributed by atoms with Gasteiger partial charge in [0.25, 0.3) is 5.91 Å². The van der Waals surface area contributed by atoms with E-state index in [0.29, 0.717) is 15.6 Å². The van der Waals surface area contributed by atoms with Crippen molar-refractivity contribution in [2.45, 2.75) is 12.5 Å². The number of benzene rings is 1. The molecule has 1 fully saturated rings. The van der Waals surface area contributed by atoms with Gasteiger partial charge in [-0.1, -0.05) is 23.2 Å². The first kappa shape index (κ1) is 12.7. The van der Waals surface area contributed by atoms with E-state index in [9.17, 15) is 4.79 Å². The van der Waals surface area contributed by atoms with Crippen LogP contribution in [0.3, 0.4) is 0 Å². The molecule has 1 aliphatic heterocycles. The third-order valence-electron chi connectivity index (χ3n) is 2.90. The number of rotatable bonds is 2. The van der Waals surface area contributed by atoms with Gasteiger partial charge in [-0.2, -0.15) is 0 Å². The summed E-state index contributed by atoms with van der Waals surface area (Å²) in [6.45, 7) is 1.90. The van der Waals surface area contributed by atoms with Crippen LogP contribution in [0.2, 0.25) is 10.0 Å².